The molecule has 1 aromatic carbocycles. The second-order valence-electron chi connectivity index (χ2n) is 9.62. The van der Waals surface area contributed by atoms with Crippen LogP contribution in [0.4, 0.5) is 11.4 Å². The topological polar surface area (TPSA) is 119 Å². The molecule has 1 amide bonds. The number of amides is 1. The average Bonchev–Trinajstić information content (AvgIpc) is 3.53. The van der Waals surface area contributed by atoms with Gasteiger partial charge in [-0.3, -0.25) is 19.9 Å². The number of aromatic amines is 2. The molecule has 4 heterocycles. The number of fused-ring (bicyclic) bond motifs is 2. The zero-order chi connectivity index (χ0) is 26.6. The molecule has 0 radical (unpaired) electrons. The van der Waals surface area contributed by atoms with Gasteiger partial charge in [-0.15, -0.1) is 0 Å². The minimum atomic E-state index is -0.0129. The molecule has 0 fully saturated rings. The number of pyridine rings is 2. The molecular formula is C28H33N9O. The Balaban J connectivity index is 1.50. The number of carbonyl (C=O) groups is 1. The smallest absolute Gasteiger partial charge is 0.224 e. The normalized spacial score (nSPS) is 11.5. The minimum Gasteiger partial charge on any atom is -0.367 e. The lowest BCUT2D eigenvalue weighted by Gasteiger charge is -2.24. The Morgan fingerprint density at radius 3 is 2.61 bits per heavy atom. The van der Waals surface area contributed by atoms with E-state index >= 15 is 0 Å². The Bertz CT molecular complexity index is 1570. The first-order chi connectivity index (χ1) is 18.5. The molecule has 0 spiro atoms. The molecule has 3 N–H and O–H groups in total. The minimum absolute atomic E-state index is 0.0129. The van der Waals surface area contributed by atoms with Gasteiger partial charge in [0.15, 0.2) is 5.82 Å². The van der Waals surface area contributed by atoms with Gasteiger partial charge in [-0.2, -0.15) is 5.10 Å². The van der Waals surface area contributed by atoms with Gasteiger partial charge in [-0.1, -0.05) is 13.0 Å². The van der Waals surface area contributed by atoms with E-state index < -0.39 is 0 Å². The van der Waals surface area contributed by atoms with Crippen LogP contribution < -0.4 is 10.2 Å². The van der Waals surface area contributed by atoms with Gasteiger partial charge < -0.3 is 20.1 Å². The highest BCUT2D eigenvalue weighted by molar-refractivity contribution is 5.97. The van der Waals surface area contributed by atoms with E-state index in [0.717, 1.165) is 70.5 Å². The highest BCUT2D eigenvalue weighted by atomic mass is 16.1. The molecule has 0 saturated heterocycles. The Labute approximate surface area is 221 Å². The van der Waals surface area contributed by atoms with Crippen LogP contribution in [0.3, 0.4) is 0 Å². The number of anilines is 2. The first kappa shape index (κ1) is 25.3. The molecule has 10 heteroatoms. The molecule has 0 atom stereocenters. The van der Waals surface area contributed by atoms with Crippen LogP contribution >= 0.6 is 0 Å². The van der Waals surface area contributed by atoms with Crippen molar-refractivity contribution >= 4 is 39.2 Å². The maximum atomic E-state index is 12.1. The predicted molar refractivity (Wildman–Crippen MR) is 152 cm³/mol. The third-order valence-electron chi connectivity index (χ3n) is 6.53. The Kier molecular flexibility index (Phi) is 7.32. The average molecular weight is 512 g/mol. The van der Waals surface area contributed by atoms with Gasteiger partial charge in [0, 0.05) is 43.2 Å². The van der Waals surface area contributed by atoms with E-state index in [-0.39, 0.29) is 5.91 Å². The van der Waals surface area contributed by atoms with Crippen LogP contribution in [0.1, 0.15) is 26.7 Å². The van der Waals surface area contributed by atoms with Gasteiger partial charge in [0.2, 0.25) is 5.91 Å². The lowest BCUT2D eigenvalue weighted by Crippen LogP contribution is -2.31. The van der Waals surface area contributed by atoms with Crippen molar-refractivity contribution < 1.29 is 4.79 Å². The fourth-order valence-corrected chi connectivity index (χ4v) is 4.52. The van der Waals surface area contributed by atoms with Crippen LogP contribution in [0, 0.1) is 0 Å². The number of rotatable bonds is 10. The maximum Gasteiger partial charge on any atom is 0.224 e. The summed E-state index contributed by atoms with van der Waals surface area (Å²) in [5.74, 6) is 0.668. The molecule has 0 bridgehead atoms. The van der Waals surface area contributed by atoms with Crippen molar-refractivity contribution in [3.63, 3.8) is 0 Å². The zero-order valence-corrected chi connectivity index (χ0v) is 22.2. The van der Waals surface area contributed by atoms with Crippen molar-refractivity contribution in [2.45, 2.75) is 26.7 Å². The first-order valence-electron chi connectivity index (χ1n) is 12.9. The van der Waals surface area contributed by atoms with E-state index in [4.69, 9.17) is 4.98 Å². The molecule has 0 unspecified atom stereocenters. The standard InChI is InChI=1S/C28H33N9O/c1-5-7-25(38)31-20-12-19(14-29-15-20)18-8-9-22-21(13-18)26(35-34-22)28-32-23-16-30-17-24(27(23)33-28)37(6-2)11-10-36(3)4/h8-9,12-17H,5-7,10-11H2,1-4H3,(H,31,38)(H,32,33)(H,34,35). The van der Waals surface area contributed by atoms with E-state index in [2.05, 4.69) is 67.4 Å². The third kappa shape index (κ3) is 5.21. The number of nitrogens with zero attached hydrogens (tertiary/aromatic N) is 6. The van der Waals surface area contributed by atoms with E-state index in [1.165, 1.54) is 0 Å². The summed E-state index contributed by atoms with van der Waals surface area (Å²) in [5, 5.41) is 11.6. The monoisotopic (exact) mass is 511 g/mol. The van der Waals surface area contributed by atoms with Crippen molar-refractivity contribution in [3.8, 4) is 22.6 Å². The summed E-state index contributed by atoms with van der Waals surface area (Å²) in [4.78, 5) is 33.7. The highest BCUT2D eigenvalue weighted by Crippen LogP contribution is 2.32. The summed E-state index contributed by atoms with van der Waals surface area (Å²) in [6.45, 7) is 6.80. The predicted octanol–water partition coefficient (Wildman–Crippen LogP) is 4.69. The summed E-state index contributed by atoms with van der Waals surface area (Å²) >= 11 is 0. The van der Waals surface area contributed by atoms with E-state index in [9.17, 15) is 4.79 Å². The van der Waals surface area contributed by atoms with Gasteiger partial charge in [-0.05, 0) is 51.2 Å². The largest absolute Gasteiger partial charge is 0.367 e. The number of nitrogens with one attached hydrogen (secondary N) is 3. The summed E-state index contributed by atoms with van der Waals surface area (Å²) in [6, 6.07) is 8.03. The third-order valence-corrected chi connectivity index (χ3v) is 6.53. The summed E-state index contributed by atoms with van der Waals surface area (Å²) < 4.78 is 0. The molecule has 4 aromatic heterocycles. The van der Waals surface area contributed by atoms with Gasteiger partial charge in [0.25, 0.3) is 0 Å². The van der Waals surface area contributed by atoms with Gasteiger partial charge in [0.05, 0.1) is 41.0 Å². The van der Waals surface area contributed by atoms with Crippen molar-refractivity contribution in [2.75, 3.05) is 43.9 Å². The van der Waals surface area contributed by atoms with Crippen LogP contribution in [0.15, 0.2) is 49.1 Å². The number of hydrogen-bond donors (Lipinski definition) is 3. The van der Waals surface area contributed by atoms with Crippen LogP contribution in [-0.4, -0.2) is 74.7 Å². The Hall–Kier alpha value is -4.31. The molecule has 0 saturated carbocycles. The lowest BCUT2D eigenvalue weighted by molar-refractivity contribution is -0.116. The molecule has 0 aliphatic heterocycles. The van der Waals surface area contributed by atoms with Crippen molar-refractivity contribution in [3.05, 3.63) is 49.1 Å². The van der Waals surface area contributed by atoms with Crippen molar-refractivity contribution in [2.24, 2.45) is 0 Å². The first-order valence-corrected chi connectivity index (χ1v) is 12.9. The van der Waals surface area contributed by atoms with Crippen LogP contribution in [0.5, 0.6) is 0 Å². The van der Waals surface area contributed by atoms with E-state index in [0.29, 0.717) is 17.9 Å². The van der Waals surface area contributed by atoms with Crippen molar-refractivity contribution in [1.29, 1.82) is 0 Å². The van der Waals surface area contributed by atoms with Gasteiger partial charge >= 0.3 is 0 Å². The number of carbonyl (C=O) groups excluding carboxylic acids is 1. The molecular weight excluding hydrogens is 478 g/mol. The Morgan fingerprint density at radius 2 is 1.82 bits per heavy atom. The van der Waals surface area contributed by atoms with Gasteiger partial charge in [0.1, 0.15) is 11.2 Å². The number of hydrogen-bond acceptors (Lipinski definition) is 7. The second-order valence-corrected chi connectivity index (χ2v) is 9.62. The highest BCUT2D eigenvalue weighted by Gasteiger charge is 2.18. The molecule has 5 rings (SSSR count). The van der Waals surface area contributed by atoms with E-state index in [1.54, 1.807) is 18.6 Å². The number of aromatic nitrogens is 6. The number of benzene rings is 1. The summed E-state index contributed by atoms with van der Waals surface area (Å²) in [7, 11) is 4.15. The van der Waals surface area contributed by atoms with Crippen LogP contribution in [0.2, 0.25) is 0 Å². The van der Waals surface area contributed by atoms with Crippen molar-refractivity contribution in [1.82, 2.24) is 35.0 Å². The SMILES string of the molecule is CCCC(=O)Nc1cncc(-c2ccc3[nH]nc(-c4nc5c(N(CC)CCN(C)C)cncc5[nH]4)c3c2)c1. The number of imidazole rings is 1. The molecule has 38 heavy (non-hydrogen) atoms. The van der Waals surface area contributed by atoms with Crippen LogP contribution in [0.25, 0.3) is 44.6 Å². The number of H-pyrrole nitrogens is 2. The fourth-order valence-electron chi connectivity index (χ4n) is 4.52. The van der Waals surface area contributed by atoms with E-state index in [1.807, 2.05) is 31.3 Å². The molecule has 10 nitrogen and oxygen atoms in total. The Morgan fingerprint density at radius 1 is 0.974 bits per heavy atom. The maximum absolute atomic E-state index is 12.1. The summed E-state index contributed by atoms with van der Waals surface area (Å²) in [6.07, 6.45) is 8.42. The lowest BCUT2D eigenvalue weighted by atomic mass is 10.0. The summed E-state index contributed by atoms with van der Waals surface area (Å²) in [5.41, 5.74) is 6.95. The van der Waals surface area contributed by atoms with Gasteiger partial charge in [-0.25, -0.2) is 4.98 Å². The molecule has 0 aliphatic carbocycles. The zero-order valence-electron chi connectivity index (χ0n) is 22.2. The molecule has 196 valence electrons. The quantitative estimate of drug-likeness (QED) is 0.249. The van der Waals surface area contributed by atoms with Crippen LogP contribution in [-0.2, 0) is 4.79 Å². The molecule has 5 aromatic rings. The number of likely N-dealkylation sites (N-methyl/N-ethyl adjacent to an activating group) is 2. The molecule has 0 aliphatic rings. The fraction of sp³-hybridized carbons (Fsp3) is 0.321. The second kappa shape index (κ2) is 11.0.